The van der Waals surface area contributed by atoms with E-state index in [1.807, 2.05) is 6.92 Å². The van der Waals surface area contributed by atoms with Crippen LogP contribution in [0.2, 0.25) is 0 Å². The summed E-state index contributed by atoms with van der Waals surface area (Å²) >= 11 is 0. The van der Waals surface area contributed by atoms with E-state index in [2.05, 4.69) is 5.16 Å². The average Bonchev–Trinajstić information content (AvgIpc) is 2.71. The van der Waals surface area contributed by atoms with E-state index >= 15 is 0 Å². The van der Waals surface area contributed by atoms with Gasteiger partial charge in [-0.2, -0.15) is 0 Å². The molecule has 0 aromatic carbocycles. The van der Waals surface area contributed by atoms with Crippen molar-refractivity contribution in [3.8, 4) is 0 Å². The summed E-state index contributed by atoms with van der Waals surface area (Å²) in [5.41, 5.74) is 0.749. The summed E-state index contributed by atoms with van der Waals surface area (Å²) in [6.07, 6.45) is 3.57. The summed E-state index contributed by atoms with van der Waals surface area (Å²) in [4.78, 5) is 11.3. The van der Waals surface area contributed by atoms with Gasteiger partial charge in [0, 0.05) is 5.56 Å². The summed E-state index contributed by atoms with van der Waals surface area (Å²) in [7, 11) is 0. The highest BCUT2D eigenvalue weighted by molar-refractivity contribution is 5.91. The van der Waals surface area contributed by atoms with Gasteiger partial charge in [-0.1, -0.05) is 5.16 Å². The van der Waals surface area contributed by atoms with Crippen LogP contribution in [0.5, 0.6) is 0 Å². The molecule has 0 unspecified atom stereocenters. The van der Waals surface area contributed by atoms with Gasteiger partial charge in [-0.3, -0.25) is 4.79 Å². The van der Waals surface area contributed by atoms with E-state index in [9.17, 15) is 4.79 Å². The first-order chi connectivity index (χ1) is 5.67. The van der Waals surface area contributed by atoms with Gasteiger partial charge in [0.15, 0.2) is 0 Å². The molecule has 1 aromatic rings. The molecule has 1 fully saturated rings. The third-order valence-electron chi connectivity index (χ3n) is 2.69. The van der Waals surface area contributed by atoms with E-state index in [0.29, 0.717) is 0 Å². The normalized spacial score (nSPS) is 19.2. The minimum Gasteiger partial charge on any atom is -0.361 e. The van der Waals surface area contributed by atoms with E-state index < -0.39 is 0 Å². The van der Waals surface area contributed by atoms with Gasteiger partial charge in [0.05, 0.1) is 11.6 Å². The standard InChI is InChI=1S/C9H11NO2/c1-6-8(5-10-12-6)9(3-4-9)7(2)11/h5H,3-4H2,1-2H3. The van der Waals surface area contributed by atoms with Gasteiger partial charge in [-0.15, -0.1) is 0 Å². The number of hydrogen-bond acceptors (Lipinski definition) is 3. The van der Waals surface area contributed by atoms with Crippen LogP contribution in [0, 0.1) is 6.92 Å². The molecule has 2 rings (SSSR count). The predicted molar refractivity (Wildman–Crippen MR) is 42.8 cm³/mol. The minimum atomic E-state index is -0.232. The third-order valence-corrected chi connectivity index (χ3v) is 2.69. The fraction of sp³-hybridized carbons (Fsp3) is 0.556. The molecule has 1 aliphatic carbocycles. The van der Waals surface area contributed by atoms with Crippen molar-refractivity contribution in [2.45, 2.75) is 32.1 Å². The fourth-order valence-electron chi connectivity index (χ4n) is 1.69. The average molecular weight is 165 g/mol. The van der Waals surface area contributed by atoms with E-state index in [1.54, 1.807) is 13.1 Å². The van der Waals surface area contributed by atoms with Gasteiger partial charge in [0.25, 0.3) is 0 Å². The summed E-state index contributed by atoms with van der Waals surface area (Å²) in [5, 5.41) is 3.68. The largest absolute Gasteiger partial charge is 0.361 e. The van der Waals surface area contributed by atoms with Gasteiger partial charge in [-0.25, -0.2) is 0 Å². The Labute approximate surface area is 70.7 Å². The number of carbonyl (C=O) groups is 1. The highest BCUT2D eigenvalue weighted by Gasteiger charge is 2.50. The second kappa shape index (κ2) is 2.19. The van der Waals surface area contributed by atoms with E-state index in [0.717, 1.165) is 24.2 Å². The molecule has 64 valence electrons. The van der Waals surface area contributed by atoms with Crippen molar-refractivity contribution in [1.29, 1.82) is 0 Å². The Morgan fingerprint density at radius 3 is 2.67 bits per heavy atom. The number of aromatic nitrogens is 1. The lowest BCUT2D eigenvalue weighted by Crippen LogP contribution is -2.16. The fourth-order valence-corrected chi connectivity index (χ4v) is 1.69. The van der Waals surface area contributed by atoms with Gasteiger partial charge in [-0.05, 0) is 26.7 Å². The van der Waals surface area contributed by atoms with Gasteiger partial charge in [0.1, 0.15) is 11.5 Å². The number of hydrogen-bond donors (Lipinski definition) is 0. The van der Waals surface area contributed by atoms with Crippen LogP contribution in [0.25, 0.3) is 0 Å². The van der Waals surface area contributed by atoms with Crippen LogP contribution in [0.15, 0.2) is 10.7 Å². The van der Waals surface area contributed by atoms with Gasteiger partial charge in [0.2, 0.25) is 0 Å². The number of Topliss-reactive ketones (excluding diaryl/α,β-unsaturated/α-hetero) is 1. The lowest BCUT2D eigenvalue weighted by atomic mass is 9.93. The van der Waals surface area contributed by atoms with Crippen molar-refractivity contribution in [3.05, 3.63) is 17.5 Å². The Hall–Kier alpha value is -1.12. The zero-order chi connectivity index (χ0) is 8.77. The van der Waals surface area contributed by atoms with Crippen LogP contribution in [0.3, 0.4) is 0 Å². The molecule has 0 radical (unpaired) electrons. The molecule has 0 bridgehead atoms. The predicted octanol–water partition coefficient (Wildman–Crippen LogP) is 1.60. The Bertz CT molecular complexity index is 323. The summed E-state index contributed by atoms with van der Waals surface area (Å²) in [6.45, 7) is 3.49. The van der Waals surface area contributed by atoms with E-state index in [-0.39, 0.29) is 11.2 Å². The Morgan fingerprint density at radius 2 is 2.33 bits per heavy atom. The Kier molecular flexibility index (Phi) is 1.37. The van der Waals surface area contributed by atoms with Crippen LogP contribution >= 0.6 is 0 Å². The monoisotopic (exact) mass is 165 g/mol. The number of aryl methyl sites for hydroxylation is 1. The molecule has 12 heavy (non-hydrogen) atoms. The zero-order valence-electron chi connectivity index (χ0n) is 7.26. The minimum absolute atomic E-state index is 0.230. The first-order valence-electron chi connectivity index (χ1n) is 4.09. The molecule has 3 heteroatoms. The lowest BCUT2D eigenvalue weighted by Gasteiger charge is -2.07. The van der Waals surface area contributed by atoms with Crippen LogP contribution in [-0.4, -0.2) is 10.9 Å². The second-order valence-electron chi connectivity index (χ2n) is 3.43. The highest BCUT2D eigenvalue weighted by atomic mass is 16.5. The van der Waals surface area contributed by atoms with Crippen molar-refractivity contribution >= 4 is 5.78 Å². The van der Waals surface area contributed by atoms with Crippen molar-refractivity contribution in [2.24, 2.45) is 0 Å². The molecular weight excluding hydrogens is 154 g/mol. The summed E-state index contributed by atoms with van der Waals surface area (Å²) in [6, 6.07) is 0. The third kappa shape index (κ3) is 0.823. The van der Waals surface area contributed by atoms with Gasteiger partial charge >= 0.3 is 0 Å². The number of carbonyl (C=O) groups excluding carboxylic acids is 1. The molecule has 1 aliphatic rings. The van der Waals surface area contributed by atoms with Crippen molar-refractivity contribution in [2.75, 3.05) is 0 Å². The van der Waals surface area contributed by atoms with E-state index in [1.165, 1.54) is 0 Å². The SMILES string of the molecule is CC(=O)C1(c2cnoc2C)CC1. The molecule has 0 saturated heterocycles. The molecule has 0 aliphatic heterocycles. The van der Waals surface area contributed by atoms with Crippen molar-refractivity contribution in [1.82, 2.24) is 5.16 Å². The lowest BCUT2D eigenvalue weighted by molar-refractivity contribution is -0.119. The smallest absolute Gasteiger partial charge is 0.140 e. The zero-order valence-corrected chi connectivity index (χ0v) is 7.26. The quantitative estimate of drug-likeness (QED) is 0.668. The maximum atomic E-state index is 11.3. The molecular formula is C9H11NO2. The van der Waals surface area contributed by atoms with Gasteiger partial charge < -0.3 is 4.52 Å². The number of nitrogens with zero attached hydrogens (tertiary/aromatic N) is 1. The topological polar surface area (TPSA) is 43.1 Å². The Morgan fingerprint density at radius 1 is 1.67 bits per heavy atom. The van der Waals surface area contributed by atoms with Crippen LogP contribution in [0.4, 0.5) is 0 Å². The van der Waals surface area contributed by atoms with Crippen LogP contribution in [-0.2, 0) is 10.2 Å². The van der Waals surface area contributed by atoms with Crippen LogP contribution < -0.4 is 0 Å². The first kappa shape index (κ1) is 7.53. The first-order valence-corrected chi connectivity index (χ1v) is 4.09. The molecule has 3 nitrogen and oxygen atoms in total. The van der Waals surface area contributed by atoms with Crippen LogP contribution in [0.1, 0.15) is 31.1 Å². The number of ketones is 1. The molecule has 1 saturated carbocycles. The van der Waals surface area contributed by atoms with E-state index in [4.69, 9.17) is 4.52 Å². The maximum absolute atomic E-state index is 11.3. The summed E-state index contributed by atoms with van der Waals surface area (Å²) < 4.78 is 4.94. The molecule has 0 atom stereocenters. The summed E-state index contributed by atoms with van der Waals surface area (Å²) in [5.74, 6) is 1.01. The van der Waals surface area contributed by atoms with Crippen molar-refractivity contribution < 1.29 is 9.32 Å². The molecule has 1 heterocycles. The molecule has 0 N–H and O–H groups in total. The molecule has 1 aromatic heterocycles. The maximum Gasteiger partial charge on any atom is 0.140 e. The highest BCUT2D eigenvalue weighted by Crippen LogP contribution is 2.49. The second-order valence-corrected chi connectivity index (χ2v) is 3.43. The number of rotatable bonds is 2. The molecule has 0 amide bonds. The Balaban J connectivity index is 2.43. The van der Waals surface area contributed by atoms with Crippen molar-refractivity contribution in [3.63, 3.8) is 0 Å². The molecule has 0 spiro atoms.